The van der Waals surface area contributed by atoms with Gasteiger partial charge in [-0.2, -0.15) is 0 Å². The second-order valence-electron chi connectivity index (χ2n) is 6.31. The zero-order chi connectivity index (χ0) is 14.9. The minimum Gasteiger partial charge on any atom is -0.463 e. The summed E-state index contributed by atoms with van der Waals surface area (Å²) in [5, 5.41) is 13.3. The molecule has 1 aliphatic heterocycles. The maximum Gasteiger partial charge on any atom is 0.161 e. The second kappa shape index (κ2) is 5.70. The number of nitrogens with two attached hydrogens (primary N) is 1. The molecule has 4 nitrogen and oxygen atoms in total. The van der Waals surface area contributed by atoms with E-state index in [1.54, 1.807) is 12.5 Å². The van der Waals surface area contributed by atoms with Crippen LogP contribution in [0.4, 0.5) is 0 Å². The van der Waals surface area contributed by atoms with Gasteiger partial charge in [-0.25, -0.2) is 0 Å². The van der Waals surface area contributed by atoms with Crippen molar-refractivity contribution in [3.05, 3.63) is 48.3 Å². The van der Waals surface area contributed by atoms with E-state index in [-0.39, 0.29) is 18.0 Å². The molecule has 0 aliphatic carbocycles. The van der Waals surface area contributed by atoms with Crippen LogP contribution in [0.25, 0.3) is 0 Å². The van der Waals surface area contributed by atoms with E-state index in [0.717, 1.165) is 24.4 Å². The summed E-state index contributed by atoms with van der Waals surface area (Å²) >= 11 is 0. The first-order chi connectivity index (χ1) is 10.1. The van der Waals surface area contributed by atoms with Crippen molar-refractivity contribution in [3.63, 3.8) is 0 Å². The van der Waals surface area contributed by atoms with Crippen molar-refractivity contribution in [2.75, 3.05) is 0 Å². The first-order valence-electron chi connectivity index (χ1n) is 7.76. The number of hydrogen-bond acceptors (Lipinski definition) is 3. The predicted molar refractivity (Wildman–Crippen MR) is 78.5 cm³/mol. The fourth-order valence-electron chi connectivity index (χ4n) is 3.71. The molecule has 3 heterocycles. The van der Waals surface area contributed by atoms with Crippen LogP contribution in [0.3, 0.4) is 0 Å². The summed E-state index contributed by atoms with van der Waals surface area (Å²) < 4.78 is 11.2. The molecule has 1 fully saturated rings. The van der Waals surface area contributed by atoms with Crippen LogP contribution in [0, 0.1) is 5.92 Å². The van der Waals surface area contributed by atoms with Crippen LogP contribution in [0.1, 0.15) is 56.7 Å². The average molecular weight is 290 g/mol. The minimum atomic E-state index is -0.723. The summed E-state index contributed by atoms with van der Waals surface area (Å²) in [5.41, 5.74) is -0.723. The fourth-order valence-corrected chi connectivity index (χ4v) is 3.71. The van der Waals surface area contributed by atoms with E-state index in [2.05, 4.69) is 12.2 Å². The number of quaternary nitrogens is 1. The van der Waals surface area contributed by atoms with Gasteiger partial charge in [0.05, 0.1) is 18.1 Å². The SMILES string of the molecule is CCC[C@H]1[C@H](c2ccco2)[NH2+][C@H](c2ccco2)C[C@@]1(C)O. The molecule has 1 aliphatic rings. The van der Waals surface area contributed by atoms with E-state index < -0.39 is 5.60 Å². The highest BCUT2D eigenvalue weighted by Gasteiger charge is 2.49. The fraction of sp³-hybridized carbons (Fsp3) is 0.529. The lowest BCUT2D eigenvalue weighted by Gasteiger charge is -2.43. The number of piperidine rings is 1. The maximum absolute atomic E-state index is 11.0. The lowest BCUT2D eigenvalue weighted by molar-refractivity contribution is -0.760. The van der Waals surface area contributed by atoms with Crippen molar-refractivity contribution in [2.45, 2.75) is 50.8 Å². The van der Waals surface area contributed by atoms with E-state index in [0.29, 0.717) is 6.42 Å². The molecule has 0 saturated carbocycles. The highest BCUT2D eigenvalue weighted by Crippen LogP contribution is 2.41. The van der Waals surface area contributed by atoms with Crippen LogP contribution < -0.4 is 5.32 Å². The van der Waals surface area contributed by atoms with Gasteiger partial charge in [0.25, 0.3) is 0 Å². The molecule has 3 N–H and O–H groups in total. The Balaban J connectivity index is 1.92. The van der Waals surface area contributed by atoms with E-state index in [4.69, 9.17) is 8.83 Å². The monoisotopic (exact) mass is 290 g/mol. The third kappa shape index (κ3) is 2.78. The number of rotatable bonds is 4. The smallest absolute Gasteiger partial charge is 0.161 e. The molecule has 0 spiro atoms. The Bertz CT molecular complexity index is 545. The third-order valence-electron chi connectivity index (χ3n) is 4.69. The number of hydrogen-bond donors (Lipinski definition) is 2. The standard InChI is InChI=1S/C17H23NO3/c1-3-6-12-16(15-8-5-10-21-15)18-13(11-17(12,2)19)14-7-4-9-20-14/h4-5,7-10,12-13,16,18-19H,3,6,11H2,1-2H3/p+1/t12-,13-,16+,17+/m0/s1. The third-order valence-corrected chi connectivity index (χ3v) is 4.69. The Labute approximate surface area is 125 Å². The molecule has 21 heavy (non-hydrogen) atoms. The molecule has 4 atom stereocenters. The molecule has 2 aromatic heterocycles. The van der Waals surface area contributed by atoms with Crippen molar-refractivity contribution in [3.8, 4) is 0 Å². The van der Waals surface area contributed by atoms with Crippen LogP contribution in [-0.2, 0) is 0 Å². The van der Waals surface area contributed by atoms with E-state index in [1.807, 2.05) is 31.2 Å². The van der Waals surface area contributed by atoms with Gasteiger partial charge in [-0.3, -0.25) is 0 Å². The number of aliphatic hydroxyl groups is 1. The summed E-state index contributed by atoms with van der Waals surface area (Å²) in [7, 11) is 0. The predicted octanol–water partition coefficient (Wildman–Crippen LogP) is 2.79. The first kappa shape index (κ1) is 14.4. The van der Waals surface area contributed by atoms with Gasteiger partial charge in [-0.1, -0.05) is 13.3 Å². The van der Waals surface area contributed by atoms with Crippen molar-refractivity contribution in [2.24, 2.45) is 5.92 Å². The van der Waals surface area contributed by atoms with Crippen molar-refractivity contribution in [1.82, 2.24) is 0 Å². The van der Waals surface area contributed by atoms with Crippen LogP contribution in [0.5, 0.6) is 0 Å². The average Bonchev–Trinajstić information content (AvgIpc) is 3.13. The molecular formula is C17H24NO3+. The summed E-state index contributed by atoms with van der Waals surface area (Å²) in [4.78, 5) is 0. The molecular weight excluding hydrogens is 266 g/mol. The summed E-state index contributed by atoms with van der Waals surface area (Å²) in [6, 6.07) is 8.05. The van der Waals surface area contributed by atoms with Crippen LogP contribution in [0.15, 0.2) is 45.6 Å². The molecule has 0 bridgehead atoms. The van der Waals surface area contributed by atoms with E-state index >= 15 is 0 Å². The maximum atomic E-state index is 11.0. The van der Waals surface area contributed by atoms with Gasteiger partial charge in [-0.05, 0) is 37.6 Å². The number of furan rings is 2. The summed E-state index contributed by atoms with van der Waals surface area (Å²) in [5.74, 6) is 2.03. The zero-order valence-corrected chi connectivity index (χ0v) is 12.7. The summed E-state index contributed by atoms with van der Waals surface area (Å²) in [6.45, 7) is 4.11. The molecule has 4 heteroatoms. The molecule has 0 amide bonds. The van der Waals surface area contributed by atoms with E-state index in [9.17, 15) is 5.11 Å². The molecule has 2 aromatic rings. The van der Waals surface area contributed by atoms with Crippen LogP contribution in [0.2, 0.25) is 0 Å². The van der Waals surface area contributed by atoms with Gasteiger partial charge in [-0.15, -0.1) is 0 Å². The molecule has 0 radical (unpaired) electrons. The Kier molecular flexibility index (Phi) is 3.91. The van der Waals surface area contributed by atoms with Crippen molar-refractivity contribution in [1.29, 1.82) is 0 Å². The van der Waals surface area contributed by atoms with Gasteiger partial charge >= 0.3 is 0 Å². The van der Waals surface area contributed by atoms with Gasteiger partial charge in [0.2, 0.25) is 0 Å². The quantitative estimate of drug-likeness (QED) is 0.910. The molecule has 3 rings (SSSR count). The Morgan fingerprint density at radius 1 is 1.24 bits per heavy atom. The molecule has 1 saturated heterocycles. The Hall–Kier alpha value is -1.52. The normalized spacial score (nSPS) is 33.2. The van der Waals surface area contributed by atoms with Gasteiger partial charge in [0.15, 0.2) is 17.6 Å². The highest BCUT2D eigenvalue weighted by atomic mass is 16.3. The Morgan fingerprint density at radius 2 is 1.90 bits per heavy atom. The van der Waals surface area contributed by atoms with Crippen molar-refractivity contribution >= 4 is 0 Å². The Morgan fingerprint density at radius 3 is 2.48 bits per heavy atom. The lowest BCUT2D eigenvalue weighted by atomic mass is 9.72. The second-order valence-corrected chi connectivity index (χ2v) is 6.31. The topological polar surface area (TPSA) is 63.1 Å². The van der Waals surface area contributed by atoms with Crippen LogP contribution >= 0.6 is 0 Å². The first-order valence-corrected chi connectivity index (χ1v) is 7.76. The van der Waals surface area contributed by atoms with Crippen LogP contribution in [-0.4, -0.2) is 10.7 Å². The van der Waals surface area contributed by atoms with Gasteiger partial charge < -0.3 is 19.3 Å². The lowest BCUT2D eigenvalue weighted by Crippen LogP contribution is -2.91. The van der Waals surface area contributed by atoms with E-state index in [1.165, 1.54) is 0 Å². The minimum absolute atomic E-state index is 0.123. The molecule has 0 aromatic carbocycles. The molecule has 0 unspecified atom stereocenters. The largest absolute Gasteiger partial charge is 0.463 e. The summed E-state index contributed by atoms with van der Waals surface area (Å²) in [6.07, 6.45) is 6.13. The van der Waals surface area contributed by atoms with Gasteiger partial charge in [0, 0.05) is 12.3 Å². The van der Waals surface area contributed by atoms with Gasteiger partial charge in [0.1, 0.15) is 6.04 Å². The molecule has 114 valence electrons. The zero-order valence-electron chi connectivity index (χ0n) is 12.7. The van der Waals surface area contributed by atoms with Crippen molar-refractivity contribution < 1.29 is 19.3 Å². The highest BCUT2D eigenvalue weighted by molar-refractivity contribution is 5.10.